The first-order chi connectivity index (χ1) is 9.54. The van der Waals surface area contributed by atoms with Crippen molar-refractivity contribution in [2.24, 2.45) is 0 Å². The molecule has 3 amide bonds. The molecule has 0 aliphatic heterocycles. The number of carbonyl (C=O) groups excluding carboxylic acids is 3. The normalized spacial score (nSPS) is 11.5. The smallest absolute Gasteiger partial charge is 0.287 e. The standard InChI is InChI=1S/C12H17N3O4S/c1-8(16)14-15-11(17)9(5-7-20-2)13-12(18)10-4-3-6-19-10/h3-4,6,9H,5,7H2,1-2H3,(H,13,18)(H,14,16)(H,15,17). The van der Waals surface area contributed by atoms with Gasteiger partial charge in [0, 0.05) is 6.92 Å². The zero-order valence-electron chi connectivity index (χ0n) is 11.3. The maximum Gasteiger partial charge on any atom is 0.287 e. The van der Waals surface area contributed by atoms with E-state index in [4.69, 9.17) is 4.42 Å². The minimum Gasteiger partial charge on any atom is -0.459 e. The van der Waals surface area contributed by atoms with Crippen molar-refractivity contribution in [2.75, 3.05) is 12.0 Å². The number of hydrogen-bond acceptors (Lipinski definition) is 5. The lowest BCUT2D eigenvalue weighted by atomic mass is 10.2. The van der Waals surface area contributed by atoms with Crippen LogP contribution in [-0.4, -0.2) is 35.8 Å². The van der Waals surface area contributed by atoms with E-state index in [2.05, 4.69) is 16.2 Å². The van der Waals surface area contributed by atoms with Gasteiger partial charge in [0.2, 0.25) is 5.91 Å². The van der Waals surface area contributed by atoms with Crippen LogP contribution in [0.25, 0.3) is 0 Å². The second-order valence-corrected chi connectivity index (χ2v) is 4.94. The predicted octanol–water partition coefficient (Wildman–Crippen LogP) is 0.298. The van der Waals surface area contributed by atoms with Crippen LogP contribution >= 0.6 is 11.8 Å². The minimum absolute atomic E-state index is 0.131. The fourth-order valence-electron chi connectivity index (χ4n) is 1.38. The van der Waals surface area contributed by atoms with Crippen LogP contribution in [0.2, 0.25) is 0 Å². The van der Waals surface area contributed by atoms with Gasteiger partial charge in [-0.1, -0.05) is 0 Å². The lowest BCUT2D eigenvalue weighted by molar-refractivity contribution is -0.129. The Morgan fingerprint density at radius 1 is 1.35 bits per heavy atom. The Morgan fingerprint density at radius 3 is 2.65 bits per heavy atom. The lowest BCUT2D eigenvalue weighted by Crippen LogP contribution is -2.52. The van der Waals surface area contributed by atoms with Crippen LogP contribution in [0.1, 0.15) is 23.9 Å². The molecule has 0 aliphatic rings. The van der Waals surface area contributed by atoms with Crippen molar-refractivity contribution in [2.45, 2.75) is 19.4 Å². The fourth-order valence-corrected chi connectivity index (χ4v) is 1.85. The van der Waals surface area contributed by atoms with Crippen LogP contribution in [0.4, 0.5) is 0 Å². The molecule has 1 rings (SSSR count). The van der Waals surface area contributed by atoms with E-state index in [0.717, 1.165) is 0 Å². The summed E-state index contributed by atoms with van der Waals surface area (Å²) in [6.45, 7) is 1.28. The van der Waals surface area contributed by atoms with Crippen molar-refractivity contribution in [1.82, 2.24) is 16.2 Å². The maximum absolute atomic E-state index is 11.9. The van der Waals surface area contributed by atoms with Gasteiger partial charge < -0.3 is 9.73 Å². The third-order valence-electron chi connectivity index (χ3n) is 2.34. The van der Waals surface area contributed by atoms with Gasteiger partial charge in [-0.05, 0) is 30.6 Å². The minimum atomic E-state index is -0.744. The molecular weight excluding hydrogens is 282 g/mol. The van der Waals surface area contributed by atoms with Gasteiger partial charge in [-0.3, -0.25) is 25.2 Å². The molecule has 8 heteroatoms. The van der Waals surface area contributed by atoms with E-state index in [0.29, 0.717) is 12.2 Å². The van der Waals surface area contributed by atoms with E-state index < -0.39 is 17.9 Å². The van der Waals surface area contributed by atoms with Gasteiger partial charge in [0.15, 0.2) is 5.76 Å². The maximum atomic E-state index is 11.9. The van der Waals surface area contributed by atoms with E-state index in [9.17, 15) is 14.4 Å². The van der Waals surface area contributed by atoms with E-state index in [-0.39, 0.29) is 11.7 Å². The van der Waals surface area contributed by atoms with Gasteiger partial charge in [0.1, 0.15) is 6.04 Å². The summed E-state index contributed by atoms with van der Waals surface area (Å²) in [6, 6.07) is 2.35. The second-order valence-electron chi connectivity index (χ2n) is 3.96. The van der Waals surface area contributed by atoms with Crippen LogP contribution in [0.3, 0.4) is 0 Å². The molecule has 0 saturated carbocycles. The van der Waals surface area contributed by atoms with Crippen molar-refractivity contribution in [3.8, 4) is 0 Å². The zero-order valence-corrected chi connectivity index (χ0v) is 12.1. The number of carbonyl (C=O) groups is 3. The molecule has 3 N–H and O–H groups in total. The molecule has 0 radical (unpaired) electrons. The molecule has 1 unspecified atom stereocenters. The lowest BCUT2D eigenvalue weighted by Gasteiger charge is -2.17. The van der Waals surface area contributed by atoms with E-state index >= 15 is 0 Å². The molecule has 1 atom stereocenters. The molecule has 0 aliphatic carbocycles. The number of nitrogens with one attached hydrogen (secondary N) is 3. The first-order valence-electron chi connectivity index (χ1n) is 5.94. The largest absolute Gasteiger partial charge is 0.459 e. The highest BCUT2D eigenvalue weighted by Crippen LogP contribution is 2.04. The van der Waals surface area contributed by atoms with Crippen molar-refractivity contribution in [3.63, 3.8) is 0 Å². The molecule has 1 aromatic heterocycles. The van der Waals surface area contributed by atoms with Gasteiger partial charge in [0.25, 0.3) is 11.8 Å². The topological polar surface area (TPSA) is 100 Å². The first-order valence-corrected chi connectivity index (χ1v) is 7.33. The summed E-state index contributed by atoms with van der Waals surface area (Å²) >= 11 is 1.55. The van der Waals surface area contributed by atoms with Gasteiger partial charge in [-0.2, -0.15) is 11.8 Å². The van der Waals surface area contributed by atoms with Gasteiger partial charge in [-0.15, -0.1) is 0 Å². The molecule has 1 heterocycles. The zero-order chi connectivity index (χ0) is 15.0. The molecule has 1 aromatic rings. The third-order valence-corrected chi connectivity index (χ3v) is 2.98. The van der Waals surface area contributed by atoms with Crippen LogP contribution < -0.4 is 16.2 Å². The summed E-state index contributed by atoms with van der Waals surface area (Å²) in [5.74, 6) is -0.518. The Bertz CT molecular complexity index is 461. The Hall–Kier alpha value is -1.96. The summed E-state index contributed by atoms with van der Waals surface area (Å²) in [4.78, 5) is 34.5. The average molecular weight is 299 g/mol. The summed E-state index contributed by atoms with van der Waals surface area (Å²) in [5, 5.41) is 2.57. The Balaban J connectivity index is 2.61. The summed E-state index contributed by atoms with van der Waals surface area (Å²) < 4.78 is 4.96. The van der Waals surface area contributed by atoms with Crippen molar-refractivity contribution < 1.29 is 18.8 Å². The van der Waals surface area contributed by atoms with Gasteiger partial charge in [0.05, 0.1) is 6.26 Å². The molecule has 7 nitrogen and oxygen atoms in total. The highest BCUT2D eigenvalue weighted by molar-refractivity contribution is 7.98. The Labute approximate surface area is 120 Å². The second kappa shape index (κ2) is 8.26. The van der Waals surface area contributed by atoms with Gasteiger partial charge >= 0.3 is 0 Å². The highest BCUT2D eigenvalue weighted by atomic mass is 32.2. The van der Waals surface area contributed by atoms with Crippen molar-refractivity contribution in [1.29, 1.82) is 0 Å². The summed E-state index contributed by atoms with van der Waals surface area (Å²) in [7, 11) is 0. The number of furan rings is 1. The monoisotopic (exact) mass is 299 g/mol. The number of hydrogen-bond donors (Lipinski definition) is 3. The molecule has 110 valence electrons. The molecular formula is C12H17N3O4S. The Morgan fingerprint density at radius 2 is 2.10 bits per heavy atom. The average Bonchev–Trinajstić information content (AvgIpc) is 2.94. The number of hydrazine groups is 1. The third kappa shape index (κ3) is 5.35. The molecule has 0 saturated heterocycles. The van der Waals surface area contributed by atoms with Crippen molar-refractivity contribution in [3.05, 3.63) is 24.2 Å². The van der Waals surface area contributed by atoms with Crippen LogP contribution in [0.5, 0.6) is 0 Å². The summed E-state index contributed by atoms with van der Waals surface area (Å²) in [5.41, 5.74) is 4.44. The van der Waals surface area contributed by atoms with Crippen LogP contribution in [0, 0.1) is 0 Å². The van der Waals surface area contributed by atoms with Crippen LogP contribution in [0.15, 0.2) is 22.8 Å². The highest BCUT2D eigenvalue weighted by Gasteiger charge is 2.22. The molecule has 0 fully saturated rings. The van der Waals surface area contributed by atoms with E-state index in [1.165, 1.54) is 19.3 Å². The SMILES string of the molecule is CSCCC(NC(=O)c1ccco1)C(=O)NNC(C)=O. The van der Waals surface area contributed by atoms with Gasteiger partial charge in [-0.25, -0.2) is 0 Å². The van der Waals surface area contributed by atoms with E-state index in [1.54, 1.807) is 17.8 Å². The van der Waals surface area contributed by atoms with Crippen molar-refractivity contribution >= 4 is 29.5 Å². The quantitative estimate of drug-likeness (QED) is 0.656. The Kier molecular flexibility index (Phi) is 6.65. The number of thioether (sulfide) groups is 1. The predicted molar refractivity (Wildman–Crippen MR) is 74.9 cm³/mol. The molecule has 0 spiro atoms. The van der Waals surface area contributed by atoms with Crippen LogP contribution in [-0.2, 0) is 9.59 Å². The molecule has 0 aromatic carbocycles. The number of rotatable bonds is 6. The fraction of sp³-hybridized carbons (Fsp3) is 0.417. The molecule has 20 heavy (non-hydrogen) atoms. The van der Waals surface area contributed by atoms with E-state index in [1.807, 2.05) is 6.26 Å². The molecule has 0 bridgehead atoms. The number of amides is 3. The first kappa shape index (κ1) is 16.1. The summed E-state index contributed by atoms with van der Waals surface area (Å²) in [6.07, 6.45) is 3.72.